The number of Topliss-reactive ketones (excluding diaryl/α,β-unsaturated/α-hetero) is 1. The Kier molecular flexibility index (Phi) is 5.04. The Labute approximate surface area is 168 Å². The molecule has 0 spiro atoms. The van der Waals surface area contributed by atoms with Crippen LogP contribution in [0.2, 0.25) is 0 Å². The fourth-order valence-electron chi connectivity index (χ4n) is 7.44. The summed E-state index contributed by atoms with van der Waals surface area (Å²) in [6.07, 6.45) is 10.4. The molecular formula is C24H34O4. The molecule has 0 N–H and O–H groups in total. The van der Waals surface area contributed by atoms with Crippen LogP contribution in [-0.2, 0) is 19.1 Å². The van der Waals surface area contributed by atoms with E-state index in [9.17, 15) is 14.4 Å². The number of hydrogen-bond donors (Lipinski definition) is 0. The molecule has 0 saturated heterocycles. The minimum atomic E-state index is -0.289. The molecule has 0 aliphatic heterocycles. The maximum atomic E-state index is 12.9. The van der Waals surface area contributed by atoms with Crippen LogP contribution in [-0.4, -0.2) is 24.1 Å². The minimum absolute atomic E-state index is 0.0285. The van der Waals surface area contributed by atoms with Crippen LogP contribution >= 0.6 is 0 Å². The minimum Gasteiger partial charge on any atom is -0.458 e. The topological polar surface area (TPSA) is 60.4 Å². The van der Waals surface area contributed by atoms with Gasteiger partial charge in [-0.2, -0.15) is 0 Å². The normalized spacial score (nSPS) is 42.1. The highest BCUT2D eigenvalue weighted by molar-refractivity contribution is 5.91. The number of ether oxygens (including phenoxy) is 1. The summed E-state index contributed by atoms with van der Waals surface area (Å²) in [5.74, 6) is 2.05. The van der Waals surface area contributed by atoms with Gasteiger partial charge in [-0.1, -0.05) is 26.3 Å². The molecule has 3 fully saturated rings. The average molecular weight is 387 g/mol. The van der Waals surface area contributed by atoms with Crippen LogP contribution in [0.5, 0.6) is 0 Å². The average Bonchev–Trinajstić information content (AvgIpc) is 3.03. The molecule has 0 aromatic rings. The summed E-state index contributed by atoms with van der Waals surface area (Å²) < 4.78 is 5.17. The molecule has 0 bridgehead atoms. The molecule has 0 aromatic heterocycles. The molecule has 4 unspecified atom stereocenters. The molecule has 0 aromatic carbocycles. The standard InChI is InChI=1S/C24H34O4/c1-4-22(27)28-14-21(26)20-8-7-18-17-6-5-15-13-16(25)9-11-23(15,2)19(17)10-12-24(18,20)3/h13,17-20H,4-12,14H2,1-3H3/t17?,18?,19?,20?,23-,24-/m0/s1. The van der Waals surface area contributed by atoms with Crippen LogP contribution < -0.4 is 0 Å². The van der Waals surface area contributed by atoms with Gasteiger partial charge in [-0.25, -0.2) is 0 Å². The van der Waals surface area contributed by atoms with Crippen LogP contribution in [0.1, 0.15) is 78.6 Å². The lowest BCUT2D eigenvalue weighted by atomic mass is 9.46. The summed E-state index contributed by atoms with van der Waals surface area (Å²) >= 11 is 0. The van der Waals surface area contributed by atoms with Crippen molar-refractivity contribution in [3.8, 4) is 0 Å². The van der Waals surface area contributed by atoms with Crippen molar-refractivity contribution in [2.75, 3.05) is 6.61 Å². The molecule has 28 heavy (non-hydrogen) atoms. The monoisotopic (exact) mass is 386 g/mol. The second-order valence-electron chi connectivity index (χ2n) is 10.1. The van der Waals surface area contributed by atoms with Gasteiger partial charge in [0.1, 0.15) is 6.61 Å². The van der Waals surface area contributed by atoms with Gasteiger partial charge in [0.05, 0.1) is 0 Å². The van der Waals surface area contributed by atoms with Crippen LogP contribution in [0.15, 0.2) is 11.6 Å². The molecule has 154 valence electrons. The van der Waals surface area contributed by atoms with Gasteiger partial charge in [-0.3, -0.25) is 14.4 Å². The molecule has 4 aliphatic rings. The van der Waals surface area contributed by atoms with Gasteiger partial charge in [-0.05, 0) is 79.6 Å². The Balaban J connectivity index is 1.52. The van der Waals surface area contributed by atoms with Crippen molar-refractivity contribution in [3.63, 3.8) is 0 Å². The molecule has 0 amide bonds. The van der Waals surface area contributed by atoms with Gasteiger partial charge in [0, 0.05) is 18.8 Å². The third-order valence-corrected chi connectivity index (χ3v) is 9.01. The first-order chi connectivity index (χ1) is 13.3. The Morgan fingerprint density at radius 1 is 1.07 bits per heavy atom. The second-order valence-corrected chi connectivity index (χ2v) is 10.1. The number of carbonyl (C=O) groups is 3. The lowest BCUT2D eigenvalue weighted by molar-refractivity contribution is -0.150. The fraction of sp³-hybridized carbons (Fsp3) is 0.792. The van der Waals surface area contributed by atoms with Gasteiger partial charge >= 0.3 is 5.97 Å². The van der Waals surface area contributed by atoms with E-state index in [0.29, 0.717) is 36.4 Å². The fourth-order valence-corrected chi connectivity index (χ4v) is 7.44. The lowest BCUT2D eigenvalue weighted by Gasteiger charge is -2.58. The van der Waals surface area contributed by atoms with E-state index in [4.69, 9.17) is 4.74 Å². The van der Waals surface area contributed by atoms with Crippen molar-refractivity contribution in [1.29, 1.82) is 0 Å². The molecule has 4 aliphatic carbocycles. The van der Waals surface area contributed by atoms with Crippen LogP contribution in [0.4, 0.5) is 0 Å². The molecule has 0 radical (unpaired) electrons. The van der Waals surface area contributed by atoms with Gasteiger partial charge in [0.15, 0.2) is 11.6 Å². The first-order valence-corrected chi connectivity index (χ1v) is 11.2. The van der Waals surface area contributed by atoms with Crippen molar-refractivity contribution < 1.29 is 19.1 Å². The first-order valence-electron chi connectivity index (χ1n) is 11.2. The number of rotatable bonds is 4. The largest absolute Gasteiger partial charge is 0.458 e. The second kappa shape index (κ2) is 7.11. The number of ketones is 2. The Hall–Kier alpha value is -1.45. The van der Waals surface area contributed by atoms with Crippen molar-refractivity contribution in [3.05, 3.63) is 11.6 Å². The molecule has 0 heterocycles. The quantitative estimate of drug-likeness (QED) is 0.660. The highest BCUT2D eigenvalue weighted by Gasteiger charge is 2.60. The van der Waals surface area contributed by atoms with E-state index in [1.807, 2.05) is 6.08 Å². The summed E-state index contributed by atoms with van der Waals surface area (Å²) in [6.45, 7) is 6.42. The molecule has 4 rings (SSSR count). The van der Waals surface area contributed by atoms with Gasteiger partial charge in [-0.15, -0.1) is 0 Å². The highest BCUT2D eigenvalue weighted by atomic mass is 16.5. The Morgan fingerprint density at radius 3 is 2.61 bits per heavy atom. The van der Waals surface area contributed by atoms with Crippen molar-refractivity contribution >= 4 is 17.5 Å². The third-order valence-electron chi connectivity index (χ3n) is 9.01. The zero-order chi connectivity index (χ0) is 20.1. The van der Waals surface area contributed by atoms with E-state index in [1.54, 1.807) is 6.92 Å². The molecule has 3 saturated carbocycles. The number of allylic oxidation sites excluding steroid dienone is 1. The zero-order valence-corrected chi connectivity index (χ0v) is 17.6. The van der Waals surface area contributed by atoms with Crippen molar-refractivity contribution in [1.82, 2.24) is 0 Å². The van der Waals surface area contributed by atoms with Crippen LogP contribution in [0.3, 0.4) is 0 Å². The number of hydrogen-bond acceptors (Lipinski definition) is 4. The Bertz CT molecular complexity index is 722. The summed E-state index contributed by atoms with van der Waals surface area (Å²) in [6, 6.07) is 0. The molecular weight excluding hydrogens is 352 g/mol. The van der Waals surface area contributed by atoms with Crippen molar-refractivity contribution in [2.24, 2.45) is 34.5 Å². The zero-order valence-electron chi connectivity index (χ0n) is 17.6. The maximum Gasteiger partial charge on any atom is 0.305 e. The van der Waals surface area contributed by atoms with E-state index >= 15 is 0 Å². The maximum absolute atomic E-state index is 12.9. The van der Waals surface area contributed by atoms with Crippen LogP contribution in [0, 0.1) is 34.5 Å². The molecule has 6 atom stereocenters. The highest BCUT2D eigenvalue weighted by Crippen LogP contribution is 2.66. The lowest BCUT2D eigenvalue weighted by Crippen LogP contribution is -2.51. The Morgan fingerprint density at radius 2 is 1.86 bits per heavy atom. The van der Waals surface area contributed by atoms with Crippen LogP contribution in [0.25, 0.3) is 0 Å². The summed E-state index contributed by atoms with van der Waals surface area (Å²) in [7, 11) is 0. The van der Waals surface area contributed by atoms with E-state index in [1.165, 1.54) is 5.57 Å². The molecule has 4 nitrogen and oxygen atoms in total. The summed E-state index contributed by atoms with van der Waals surface area (Å²) in [4.78, 5) is 36.3. The van der Waals surface area contributed by atoms with E-state index < -0.39 is 0 Å². The van der Waals surface area contributed by atoms with Gasteiger partial charge < -0.3 is 4.74 Å². The smallest absolute Gasteiger partial charge is 0.305 e. The molecule has 4 heteroatoms. The summed E-state index contributed by atoms with van der Waals surface area (Å²) in [5.41, 5.74) is 1.61. The van der Waals surface area contributed by atoms with Gasteiger partial charge in [0.2, 0.25) is 0 Å². The van der Waals surface area contributed by atoms with E-state index in [0.717, 1.165) is 44.9 Å². The van der Waals surface area contributed by atoms with E-state index in [2.05, 4.69) is 13.8 Å². The number of fused-ring (bicyclic) bond motifs is 5. The van der Waals surface area contributed by atoms with Gasteiger partial charge in [0.25, 0.3) is 0 Å². The van der Waals surface area contributed by atoms with Crippen molar-refractivity contribution in [2.45, 2.75) is 78.6 Å². The first kappa shape index (κ1) is 19.8. The SMILES string of the molecule is CCC(=O)OCC(=O)C1CCC2C3CCC4=CC(=O)CC[C@]4(C)C3CC[C@]12C. The predicted molar refractivity (Wildman–Crippen MR) is 106 cm³/mol. The predicted octanol–water partition coefficient (Wildman–Crippen LogP) is 4.66. The van der Waals surface area contributed by atoms with E-state index in [-0.39, 0.29) is 35.1 Å². The number of carbonyl (C=O) groups excluding carboxylic acids is 3. The summed E-state index contributed by atoms with van der Waals surface area (Å²) in [5, 5.41) is 0. The number of esters is 1. The third kappa shape index (κ3) is 2.98.